The molecule has 0 unspecified atom stereocenters. The van der Waals surface area contributed by atoms with Gasteiger partial charge in [-0.1, -0.05) is 27.7 Å². The molecule has 0 amide bonds. The highest BCUT2D eigenvalue weighted by Gasteiger charge is 2.15. The summed E-state index contributed by atoms with van der Waals surface area (Å²) in [6.45, 7) is 8.48. The zero-order valence-corrected chi connectivity index (χ0v) is 16.0. The summed E-state index contributed by atoms with van der Waals surface area (Å²) in [5, 5.41) is 0. The molecule has 0 spiro atoms. The number of methoxy groups -OCH3 is 2. The van der Waals surface area contributed by atoms with E-state index in [1.807, 2.05) is 30.3 Å². The van der Waals surface area contributed by atoms with Crippen molar-refractivity contribution in [2.45, 2.75) is 46.0 Å². The van der Waals surface area contributed by atoms with Gasteiger partial charge in [-0.15, -0.1) is 0 Å². The van der Waals surface area contributed by atoms with Crippen molar-refractivity contribution < 1.29 is 14.3 Å². The van der Waals surface area contributed by atoms with E-state index in [-0.39, 0.29) is 12.2 Å². The van der Waals surface area contributed by atoms with E-state index in [9.17, 15) is 4.79 Å². The molecule has 2 aromatic carbocycles. The van der Waals surface area contributed by atoms with Crippen molar-refractivity contribution in [2.75, 3.05) is 14.2 Å². The SMILES string of the molecule is COc1ccc(OC)c(CC(=O)c2cc(C(C)C)[c]c(C(C)C)c2)c1. The van der Waals surface area contributed by atoms with Crippen LogP contribution in [0.3, 0.4) is 0 Å². The van der Waals surface area contributed by atoms with E-state index in [4.69, 9.17) is 9.47 Å². The molecular weight excluding hydrogens is 312 g/mol. The second kappa shape index (κ2) is 8.19. The number of benzene rings is 2. The molecule has 0 bridgehead atoms. The Morgan fingerprint density at radius 2 is 1.56 bits per heavy atom. The molecule has 1 radical (unpaired) electrons. The average molecular weight is 339 g/mol. The number of carbonyl (C=O) groups is 1. The molecule has 133 valence electrons. The van der Waals surface area contributed by atoms with Crippen LogP contribution in [0.1, 0.15) is 66.6 Å². The van der Waals surface area contributed by atoms with E-state index < -0.39 is 0 Å². The molecule has 2 rings (SSSR count). The largest absolute Gasteiger partial charge is 0.497 e. The highest BCUT2D eigenvalue weighted by atomic mass is 16.5. The molecule has 0 aromatic heterocycles. The summed E-state index contributed by atoms with van der Waals surface area (Å²) < 4.78 is 10.7. The first kappa shape index (κ1) is 19.0. The van der Waals surface area contributed by atoms with Gasteiger partial charge in [0, 0.05) is 17.5 Å². The molecule has 0 saturated carbocycles. The van der Waals surface area contributed by atoms with Crippen molar-refractivity contribution in [3.63, 3.8) is 0 Å². The number of hydrogen-bond acceptors (Lipinski definition) is 3. The number of hydrogen-bond donors (Lipinski definition) is 0. The zero-order valence-electron chi connectivity index (χ0n) is 16.0. The normalized spacial score (nSPS) is 11.0. The highest BCUT2D eigenvalue weighted by Crippen LogP contribution is 2.27. The minimum Gasteiger partial charge on any atom is -0.497 e. The summed E-state index contributed by atoms with van der Waals surface area (Å²) in [6, 6.07) is 12.9. The van der Waals surface area contributed by atoms with Crippen LogP contribution < -0.4 is 9.47 Å². The third kappa shape index (κ3) is 4.62. The van der Waals surface area contributed by atoms with Crippen LogP contribution in [0.2, 0.25) is 0 Å². The molecule has 0 aliphatic heterocycles. The van der Waals surface area contributed by atoms with Crippen LogP contribution in [-0.2, 0) is 6.42 Å². The topological polar surface area (TPSA) is 35.5 Å². The van der Waals surface area contributed by atoms with Crippen molar-refractivity contribution in [2.24, 2.45) is 0 Å². The lowest BCUT2D eigenvalue weighted by Crippen LogP contribution is -2.08. The average Bonchev–Trinajstić information content (AvgIpc) is 2.60. The lowest BCUT2D eigenvalue weighted by molar-refractivity contribution is 0.0992. The first-order chi connectivity index (χ1) is 11.8. The molecule has 0 aliphatic carbocycles. The summed E-state index contributed by atoms with van der Waals surface area (Å²) in [5.41, 5.74) is 3.72. The van der Waals surface area contributed by atoms with Gasteiger partial charge >= 0.3 is 0 Å². The Balaban J connectivity index is 2.38. The van der Waals surface area contributed by atoms with Crippen LogP contribution in [0.15, 0.2) is 30.3 Å². The molecular formula is C22H27O3. The molecule has 2 aromatic rings. The van der Waals surface area contributed by atoms with Gasteiger partial charge in [0.1, 0.15) is 11.5 Å². The zero-order chi connectivity index (χ0) is 18.6. The van der Waals surface area contributed by atoms with Crippen molar-refractivity contribution in [3.05, 3.63) is 58.7 Å². The molecule has 0 fully saturated rings. The fraction of sp³-hybridized carbons (Fsp3) is 0.409. The Hall–Kier alpha value is -2.29. The first-order valence-electron chi connectivity index (χ1n) is 8.67. The van der Waals surface area contributed by atoms with Gasteiger partial charge in [0.15, 0.2) is 5.78 Å². The first-order valence-corrected chi connectivity index (χ1v) is 8.67. The second-order valence-electron chi connectivity index (χ2n) is 6.87. The summed E-state index contributed by atoms with van der Waals surface area (Å²) in [6.07, 6.45) is 0.277. The molecule has 0 saturated heterocycles. The van der Waals surface area contributed by atoms with E-state index in [2.05, 4.69) is 33.8 Å². The predicted molar refractivity (Wildman–Crippen MR) is 101 cm³/mol. The quantitative estimate of drug-likeness (QED) is 0.652. The monoisotopic (exact) mass is 339 g/mol. The van der Waals surface area contributed by atoms with Crippen LogP contribution >= 0.6 is 0 Å². The predicted octanol–water partition coefficient (Wildman–Crippen LogP) is 5.18. The molecule has 3 nitrogen and oxygen atoms in total. The van der Waals surface area contributed by atoms with E-state index in [0.717, 1.165) is 28.0 Å². The lowest BCUT2D eigenvalue weighted by atomic mass is 9.90. The summed E-state index contributed by atoms with van der Waals surface area (Å²) in [7, 11) is 3.23. The Kier molecular flexibility index (Phi) is 6.24. The van der Waals surface area contributed by atoms with E-state index in [1.54, 1.807) is 14.2 Å². The van der Waals surface area contributed by atoms with Crippen molar-refractivity contribution in [1.29, 1.82) is 0 Å². The maximum absolute atomic E-state index is 12.9. The number of ether oxygens (including phenoxy) is 2. The van der Waals surface area contributed by atoms with E-state index >= 15 is 0 Å². The van der Waals surface area contributed by atoms with Gasteiger partial charge in [0.05, 0.1) is 14.2 Å². The minimum absolute atomic E-state index is 0.0735. The standard InChI is InChI=1S/C22H27O3/c1-14(2)16-9-17(15(3)4)11-18(10-16)21(23)13-19-12-20(24-5)7-8-22(19)25-6/h7-8,10-12,14-15H,13H2,1-6H3. The molecule has 3 heteroatoms. The number of carbonyl (C=O) groups excluding carboxylic acids is 1. The van der Waals surface area contributed by atoms with Gasteiger partial charge in [-0.2, -0.15) is 0 Å². The summed E-state index contributed by atoms with van der Waals surface area (Å²) in [5.74, 6) is 2.15. The van der Waals surface area contributed by atoms with E-state index in [0.29, 0.717) is 17.6 Å². The van der Waals surface area contributed by atoms with Crippen LogP contribution in [0.5, 0.6) is 11.5 Å². The van der Waals surface area contributed by atoms with Crippen molar-refractivity contribution in [3.8, 4) is 11.5 Å². The molecule has 25 heavy (non-hydrogen) atoms. The van der Waals surface area contributed by atoms with Gasteiger partial charge in [-0.3, -0.25) is 4.79 Å². The maximum Gasteiger partial charge on any atom is 0.167 e. The molecule has 0 heterocycles. The van der Waals surface area contributed by atoms with Gasteiger partial charge in [0.25, 0.3) is 0 Å². The number of rotatable bonds is 7. The van der Waals surface area contributed by atoms with Gasteiger partial charge < -0.3 is 9.47 Å². The third-order valence-corrected chi connectivity index (χ3v) is 4.32. The van der Waals surface area contributed by atoms with E-state index in [1.165, 1.54) is 0 Å². The van der Waals surface area contributed by atoms with Crippen LogP contribution in [0, 0.1) is 6.07 Å². The minimum atomic E-state index is 0.0735. The number of ketones is 1. The Bertz CT molecular complexity index is 719. The smallest absolute Gasteiger partial charge is 0.167 e. The molecule has 0 atom stereocenters. The van der Waals surface area contributed by atoms with Crippen LogP contribution in [0.4, 0.5) is 0 Å². The Morgan fingerprint density at radius 1 is 0.960 bits per heavy atom. The van der Waals surface area contributed by atoms with Crippen LogP contribution in [0.25, 0.3) is 0 Å². The fourth-order valence-electron chi connectivity index (χ4n) is 2.69. The third-order valence-electron chi connectivity index (χ3n) is 4.32. The highest BCUT2D eigenvalue weighted by molar-refractivity contribution is 5.98. The second-order valence-corrected chi connectivity index (χ2v) is 6.87. The maximum atomic E-state index is 12.9. The number of Topliss-reactive ketones (excluding diaryl/α,β-unsaturated/α-hetero) is 1. The summed E-state index contributed by atoms with van der Waals surface area (Å²) in [4.78, 5) is 12.9. The van der Waals surface area contributed by atoms with Gasteiger partial charge in [-0.05, 0) is 59.4 Å². The fourth-order valence-corrected chi connectivity index (χ4v) is 2.69. The van der Waals surface area contributed by atoms with Crippen LogP contribution in [-0.4, -0.2) is 20.0 Å². The van der Waals surface area contributed by atoms with Crippen molar-refractivity contribution >= 4 is 5.78 Å². The molecule has 0 aliphatic rings. The molecule has 0 N–H and O–H groups in total. The Labute approximate surface area is 151 Å². The summed E-state index contributed by atoms with van der Waals surface area (Å²) >= 11 is 0. The van der Waals surface area contributed by atoms with Gasteiger partial charge in [0.2, 0.25) is 0 Å². The Morgan fingerprint density at radius 3 is 2.04 bits per heavy atom. The van der Waals surface area contributed by atoms with Gasteiger partial charge in [-0.25, -0.2) is 0 Å². The lowest BCUT2D eigenvalue weighted by Gasteiger charge is -2.14. The van der Waals surface area contributed by atoms with Crippen molar-refractivity contribution in [1.82, 2.24) is 0 Å².